The number of rotatable bonds is 11. The number of alkyl halides is 3. The first-order valence-corrected chi connectivity index (χ1v) is 13.3. The molecule has 43 heavy (non-hydrogen) atoms. The molecule has 2 aromatic carbocycles. The highest BCUT2D eigenvalue weighted by molar-refractivity contribution is 5.99. The summed E-state index contributed by atoms with van der Waals surface area (Å²) >= 11 is 0. The van der Waals surface area contributed by atoms with Crippen LogP contribution in [0.15, 0.2) is 66.7 Å². The molecule has 0 saturated heterocycles. The van der Waals surface area contributed by atoms with Gasteiger partial charge in [-0.05, 0) is 35.6 Å². The van der Waals surface area contributed by atoms with Gasteiger partial charge in [-0.25, -0.2) is 5.01 Å². The molecule has 0 aliphatic rings. The molecule has 1 atom stereocenters. The number of carbonyl (C=O) groups is 5. The normalized spacial score (nSPS) is 12.3. The van der Waals surface area contributed by atoms with Crippen molar-refractivity contribution in [1.29, 1.82) is 0 Å². The van der Waals surface area contributed by atoms with E-state index in [9.17, 15) is 37.1 Å². The van der Waals surface area contributed by atoms with E-state index >= 15 is 0 Å². The van der Waals surface area contributed by atoms with Crippen LogP contribution >= 0.6 is 0 Å². The fourth-order valence-corrected chi connectivity index (χ4v) is 3.68. The third-order valence-corrected chi connectivity index (χ3v) is 5.60. The molecule has 3 N–H and O–H groups in total. The number of amides is 4. The molecule has 0 saturated carbocycles. The van der Waals surface area contributed by atoms with E-state index in [2.05, 4.69) is 16.1 Å². The molecule has 2 aromatic rings. The summed E-state index contributed by atoms with van der Waals surface area (Å²) in [7, 11) is 0. The molecule has 0 spiro atoms. The Kier molecular flexibility index (Phi) is 12.5. The predicted molar refractivity (Wildman–Crippen MR) is 150 cm³/mol. The summed E-state index contributed by atoms with van der Waals surface area (Å²) in [6.07, 6.45) is -3.10. The van der Waals surface area contributed by atoms with Crippen molar-refractivity contribution >= 4 is 29.6 Å². The van der Waals surface area contributed by atoms with Crippen molar-refractivity contribution in [2.24, 2.45) is 5.41 Å². The zero-order valence-electron chi connectivity index (χ0n) is 24.3. The van der Waals surface area contributed by atoms with E-state index in [1.54, 1.807) is 45.0 Å². The number of carbonyl (C=O) groups excluding carboxylic acids is 5. The Bertz CT molecular complexity index is 1320. The van der Waals surface area contributed by atoms with Crippen molar-refractivity contribution in [2.75, 3.05) is 13.2 Å². The number of hydrazine groups is 1. The highest BCUT2D eigenvalue weighted by Gasteiger charge is 2.33. The van der Waals surface area contributed by atoms with Gasteiger partial charge in [-0.3, -0.25) is 29.4 Å². The lowest BCUT2D eigenvalue weighted by Gasteiger charge is -2.26. The minimum Gasteiger partial charge on any atom is -0.465 e. The lowest BCUT2D eigenvalue weighted by atomic mass is 9.91. The second-order valence-electron chi connectivity index (χ2n) is 10.6. The fourth-order valence-electron chi connectivity index (χ4n) is 3.68. The highest BCUT2D eigenvalue weighted by atomic mass is 19.4. The minimum absolute atomic E-state index is 0.0394. The van der Waals surface area contributed by atoms with Crippen molar-refractivity contribution in [3.63, 3.8) is 0 Å². The summed E-state index contributed by atoms with van der Waals surface area (Å²) < 4.78 is 45.1. The number of esters is 1. The first-order chi connectivity index (χ1) is 20.1. The molecule has 0 bridgehead atoms. The summed E-state index contributed by atoms with van der Waals surface area (Å²) in [5, 5.41) is 5.54. The van der Waals surface area contributed by atoms with E-state index in [4.69, 9.17) is 4.74 Å². The second kappa shape index (κ2) is 15.5. The van der Waals surface area contributed by atoms with Gasteiger partial charge in [0.05, 0.1) is 12.2 Å². The molecule has 0 fully saturated rings. The number of ether oxygens (including phenoxy) is 1. The third kappa shape index (κ3) is 12.4. The Morgan fingerprint density at radius 2 is 1.63 bits per heavy atom. The number of hydrogen-bond acceptors (Lipinski definition) is 6. The van der Waals surface area contributed by atoms with Gasteiger partial charge in [-0.15, -0.1) is 0 Å². The van der Waals surface area contributed by atoms with Crippen molar-refractivity contribution in [2.45, 2.75) is 52.9 Å². The van der Waals surface area contributed by atoms with Crippen molar-refractivity contribution in [3.05, 3.63) is 83.4 Å². The van der Waals surface area contributed by atoms with Crippen LogP contribution in [0, 0.1) is 5.41 Å². The molecule has 13 heteroatoms. The van der Waals surface area contributed by atoms with Gasteiger partial charge in [-0.2, -0.15) is 13.2 Å². The lowest BCUT2D eigenvalue weighted by Crippen LogP contribution is -2.52. The average Bonchev–Trinajstić information content (AvgIpc) is 2.92. The number of halogens is 3. The predicted octanol–water partition coefficient (Wildman–Crippen LogP) is 3.59. The van der Waals surface area contributed by atoms with E-state index in [1.807, 2.05) is 6.07 Å². The summed E-state index contributed by atoms with van der Waals surface area (Å²) in [6, 6.07) is 11.1. The standard InChI is InChI=1S/C30H35F3N4O6/c1-5-43-26(41)19-37(25(40)15-14-23(38)34-18-20-10-7-6-8-11-20)36-28(42)27(35-24(39)17-29(2,3)4)21-12-9-13-22(16-21)30(31,32)33/h6-16,27H,5,17-19H2,1-4H3,(H,34,38)(H,35,39)(H,36,42)/b15-14+. The molecular weight excluding hydrogens is 569 g/mol. The van der Waals surface area contributed by atoms with E-state index in [1.165, 1.54) is 13.0 Å². The maximum absolute atomic E-state index is 13.4. The molecule has 4 amide bonds. The zero-order chi connectivity index (χ0) is 32.2. The van der Waals surface area contributed by atoms with Crippen LogP contribution in [0.3, 0.4) is 0 Å². The van der Waals surface area contributed by atoms with Gasteiger partial charge >= 0.3 is 12.1 Å². The van der Waals surface area contributed by atoms with Crippen LogP contribution in [0.25, 0.3) is 0 Å². The lowest BCUT2D eigenvalue weighted by molar-refractivity contribution is -0.152. The second-order valence-corrected chi connectivity index (χ2v) is 10.6. The van der Waals surface area contributed by atoms with Gasteiger partial charge in [-0.1, -0.05) is 63.2 Å². The number of nitrogens with one attached hydrogen (secondary N) is 3. The minimum atomic E-state index is -4.73. The average molecular weight is 605 g/mol. The molecule has 0 radical (unpaired) electrons. The maximum Gasteiger partial charge on any atom is 0.416 e. The monoisotopic (exact) mass is 604 g/mol. The Morgan fingerprint density at radius 1 is 0.953 bits per heavy atom. The Morgan fingerprint density at radius 3 is 2.23 bits per heavy atom. The number of nitrogens with zero attached hydrogens (tertiary/aromatic N) is 1. The van der Waals surface area contributed by atoms with Crippen LogP contribution in [0.1, 0.15) is 56.8 Å². The Hall–Kier alpha value is -4.68. The van der Waals surface area contributed by atoms with Crippen LogP contribution < -0.4 is 16.1 Å². The van der Waals surface area contributed by atoms with E-state index in [-0.39, 0.29) is 25.1 Å². The largest absolute Gasteiger partial charge is 0.465 e. The third-order valence-electron chi connectivity index (χ3n) is 5.60. The Balaban J connectivity index is 2.31. The van der Waals surface area contributed by atoms with Crippen molar-refractivity contribution in [3.8, 4) is 0 Å². The van der Waals surface area contributed by atoms with Gasteiger partial charge in [0.25, 0.3) is 11.8 Å². The van der Waals surface area contributed by atoms with Crippen LogP contribution in [0.4, 0.5) is 13.2 Å². The first-order valence-electron chi connectivity index (χ1n) is 13.3. The van der Waals surface area contributed by atoms with Crippen molar-refractivity contribution in [1.82, 2.24) is 21.1 Å². The zero-order valence-corrected chi connectivity index (χ0v) is 24.3. The van der Waals surface area contributed by atoms with Gasteiger partial charge in [0.2, 0.25) is 11.8 Å². The molecular formula is C30H35F3N4O6. The number of hydrogen-bond donors (Lipinski definition) is 3. The summed E-state index contributed by atoms with van der Waals surface area (Å²) in [5.74, 6) is -4.31. The molecule has 0 aliphatic carbocycles. The molecule has 2 rings (SSSR count). The van der Waals surface area contributed by atoms with Crippen LogP contribution in [-0.2, 0) is 41.4 Å². The summed E-state index contributed by atoms with van der Waals surface area (Å²) in [6.45, 7) is 6.14. The fraction of sp³-hybridized carbons (Fsp3) is 0.367. The van der Waals surface area contributed by atoms with Gasteiger partial charge in [0, 0.05) is 25.1 Å². The smallest absolute Gasteiger partial charge is 0.416 e. The quantitative estimate of drug-likeness (QED) is 0.204. The topological polar surface area (TPSA) is 134 Å². The van der Waals surface area contributed by atoms with Gasteiger partial charge < -0.3 is 15.4 Å². The van der Waals surface area contributed by atoms with Crippen molar-refractivity contribution < 1.29 is 41.9 Å². The maximum atomic E-state index is 13.4. The van der Waals surface area contributed by atoms with E-state index in [0.29, 0.717) is 11.1 Å². The summed E-state index contributed by atoms with van der Waals surface area (Å²) in [4.78, 5) is 63.5. The molecule has 0 aromatic heterocycles. The highest BCUT2D eigenvalue weighted by Crippen LogP contribution is 2.31. The van der Waals surface area contributed by atoms with Gasteiger partial charge in [0.15, 0.2) is 0 Å². The Labute approximate surface area is 247 Å². The molecule has 232 valence electrons. The molecule has 1 unspecified atom stereocenters. The summed E-state index contributed by atoms with van der Waals surface area (Å²) in [5.41, 5.74) is 1.19. The molecule has 10 nitrogen and oxygen atoms in total. The van der Waals surface area contributed by atoms with Gasteiger partial charge in [0.1, 0.15) is 12.6 Å². The molecule has 0 heterocycles. The van der Waals surface area contributed by atoms with Crippen LogP contribution in [0.5, 0.6) is 0 Å². The number of benzene rings is 2. The van der Waals surface area contributed by atoms with Crippen LogP contribution in [-0.4, -0.2) is 47.8 Å². The van der Waals surface area contributed by atoms with E-state index < -0.39 is 59.3 Å². The molecule has 0 aliphatic heterocycles. The first kappa shape index (κ1) is 34.5. The van der Waals surface area contributed by atoms with E-state index in [0.717, 1.165) is 29.8 Å². The SMILES string of the molecule is CCOC(=O)CN(NC(=O)C(NC(=O)CC(C)(C)C)c1cccc(C(F)(F)F)c1)C(=O)/C=C/C(=O)NCc1ccccc1. The van der Waals surface area contributed by atoms with Crippen LogP contribution in [0.2, 0.25) is 0 Å².